The number of ether oxygens (including phenoxy) is 2. The average Bonchev–Trinajstić information content (AvgIpc) is 2.74. The summed E-state index contributed by atoms with van der Waals surface area (Å²) in [5, 5.41) is 10.1. The van der Waals surface area contributed by atoms with E-state index in [1.165, 1.54) is 14.2 Å². The van der Waals surface area contributed by atoms with E-state index >= 15 is 0 Å². The Balaban J connectivity index is 2.02. The Bertz CT molecular complexity index is 808. The fourth-order valence-corrected chi connectivity index (χ4v) is 3.17. The van der Waals surface area contributed by atoms with E-state index in [9.17, 15) is 9.59 Å². The molecule has 3 rings (SSSR count). The molecule has 1 aliphatic heterocycles. The van der Waals surface area contributed by atoms with E-state index in [-0.39, 0.29) is 12.5 Å². The maximum absolute atomic E-state index is 12.4. The van der Waals surface area contributed by atoms with Crippen molar-refractivity contribution in [2.24, 2.45) is 10.3 Å². The lowest BCUT2D eigenvalue weighted by molar-refractivity contribution is -0.164. The van der Waals surface area contributed by atoms with Gasteiger partial charge in [0.15, 0.2) is 0 Å². The molecule has 1 unspecified atom stereocenters. The van der Waals surface area contributed by atoms with Gasteiger partial charge in [0.05, 0.1) is 26.8 Å². The van der Waals surface area contributed by atoms with Gasteiger partial charge in [-0.2, -0.15) is 0 Å². The summed E-state index contributed by atoms with van der Waals surface area (Å²) in [6.45, 7) is 0.488. The molecular weight excluding hydrogens is 346 g/mol. The van der Waals surface area contributed by atoms with Crippen LogP contribution in [0.2, 0.25) is 0 Å². The molecule has 0 saturated heterocycles. The molecule has 0 aliphatic carbocycles. The van der Waals surface area contributed by atoms with Gasteiger partial charge in [-0.25, -0.2) is 9.59 Å². The third kappa shape index (κ3) is 3.67. The van der Waals surface area contributed by atoms with Crippen molar-refractivity contribution in [3.63, 3.8) is 0 Å². The van der Waals surface area contributed by atoms with Crippen LogP contribution in [0, 0.1) is 0 Å². The number of carbonyl (C=O) groups is 2. The zero-order valence-corrected chi connectivity index (χ0v) is 15.2. The molecule has 1 aliphatic rings. The number of nitrogens with zero attached hydrogens (tertiary/aromatic N) is 3. The van der Waals surface area contributed by atoms with Crippen LogP contribution in [-0.2, 0) is 25.6 Å². The lowest BCUT2D eigenvalue weighted by Crippen LogP contribution is -2.51. The highest BCUT2D eigenvalue weighted by molar-refractivity contribution is 6.05. The second-order valence-electron chi connectivity index (χ2n) is 6.25. The van der Waals surface area contributed by atoms with Crippen LogP contribution in [0.15, 0.2) is 71.0 Å². The summed E-state index contributed by atoms with van der Waals surface area (Å²) < 4.78 is 9.68. The minimum absolute atomic E-state index is 0.0761. The molecular formula is C20H21N3O4. The van der Waals surface area contributed by atoms with Crippen molar-refractivity contribution in [3.05, 3.63) is 71.8 Å². The van der Waals surface area contributed by atoms with Crippen LogP contribution in [0.4, 0.5) is 0 Å². The average molecular weight is 367 g/mol. The molecule has 0 fully saturated rings. The summed E-state index contributed by atoms with van der Waals surface area (Å²) in [4.78, 5) is 24.9. The van der Waals surface area contributed by atoms with Gasteiger partial charge in [0.2, 0.25) is 0 Å². The molecule has 0 spiro atoms. The Hall–Kier alpha value is -3.22. The van der Waals surface area contributed by atoms with Crippen LogP contribution in [0.1, 0.15) is 23.6 Å². The van der Waals surface area contributed by atoms with Gasteiger partial charge in [0.1, 0.15) is 0 Å². The molecule has 0 bridgehead atoms. The summed E-state index contributed by atoms with van der Waals surface area (Å²) in [6.07, 6.45) is 0.0761. The Morgan fingerprint density at radius 2 is 1.56 bits per heavy atom. The van der Waals surface area contributed by atoms with Crippen LogP contribution in [0.5, 0.6) is 0 Å². The Kier molecular flexibility index (Phi) is 5.49. The molecule has 2 aromatic carbocycles. The molecule has 0 saturated carbocycles. The van der Waals surface area contributed by atoms with Crippen molar-refractivity contribution in [3.8, 4) is 0 Å². The van der Waals surface area contributed by atoms with Gasteiger partial charge in [0.25, 0.3) is 5.54 Å². The number of esters is 2. The number of rotatable bonds is 5. The van der Waals surface area contributed by atoms with Gasteiger partial charge >= 0.3 is 11.9 Å². The number of methoxy groups -OCH3 is 2. The summed E-state index contributed by atoms with van der Waals surface area (Å²) in [5.74, 6) is -1.56. The van der Waals surface area contributed by atoms with E-state index in [0.717, 1.165) is 11.1 Å². The highest BCUT2D eigenvalue weighted by Crippen LogP contribution is 2.39. The van der Waals surface area contributed by atoms with Gasteiger partial charge in [-0.05, 0) is 11.1 Å². The molecule has 27 heavy (non-hydrogen) atoms. The van der Waals surface area contributed by atoms with Crippen LogP contribution in [-0.4, -0.2) is 36.7 Å². The van der Waals surface area contributed by atoms with Crippen LogP contribution in [0.3, 0.4) is 0 Å². The van der Waals surface area contributed by atoms with E-state index in [1.807, 2.05) is 60.7 Å². The summed E-state index contributed by atoms with van der Waals surface area (Å²) in [7, 11) is 2.44. The monoisotopic (exact) mass is 367 g/mol. The molecule has 0 radical (unpaired) electrons. The van der Waals surface area contributed by atoms with Crippen LogP contribution >= 0.6 is 0 Å². The van der Waals surface area contributed by atoms with Crippen LogP contribution < -0.4 is 0 Å². The standard InChI is InChI=1S/C20H21N3O4/c1-26-18(24)20(19(25)27-2)13-17(16-11-7-4-8-12-16)23(22-21-20)14-15-9-5-3-6-10-15/h3-12,17H,13-14H2,1-2H3. The minimum atomic E-state index is -1.81. The highest BCUT2D eigenvalue weighted by Gasteiger charge is 2.54. The van der Waals surface area contributed by atoms with Crippen molar-refractivity contribution < 1.29 is 19.1 Å². The molecule has 2 aromatic rings. The number of carbonyl (C=O) groups excluding carboxylic acids is 2. The van der Waals surface area contributed by atoms with Crippen molar-refractivity contribution in [1.29, 1.82) is 0 Å². The molecule has 1 atom stereocenters. The normalized spacial score (nSPS) is 18.0. The maximum atomic E-state index is 12.4. The topological polar surface area (TPSA) is 80.6 Å². The van der Waals surface area contributed by atoms with E-state index in [1.54, 1.807) is 5.01 Å². The minimum Gasteiger partial charge on any atom is -0.467 e. The zero-order chi connectivity index (χ0) is 19.3. The first-order valence-electron chi connectivity index (χ1n) is 8.56. The Morgan fingerprint density at radius 1 is 1.00 bits per heavy atom. The second kappa shape index (κ2) is 7.99. The lowest BCUT2D eigenvalue weighted by atomic mass is 9.87. The largest absolute Gasteiger partial charge is 0.467 e. The molecule has 140 valence electrons. The van der Waals surface area contributed by atoms with Crippen LogP contribution in [0.25, 0.3) is 0 Å². The highest BCUT2D eigenvalue weighted by atomic mass is 16.5. The predicted molar refractivity (Wildman–Crippen MR) is 97.4 cm³/mol. The summed E-state index contributed by atoms with van der Waals surface area (Å²) in [6, 6.07) is 19.0. The van der Waals surface area contributed by atoms with Crippen molar-refractivity contribution >= 4 is 11.9 Å². The van der Waals surface area contributed by atoms with Gasteiger partial charge < -0.3 is 9.47 Å². The number of benzene rings is 2. The van der Waals surface area contributed by atoms with Crippen molar-refractivity contribution in [1.82, 2.24) is 5.01 Å². The molecule has 7 heteroatoms. The molecule has 0 amide bonds. The SMILES string of the molecule is COC(=O)C1(C(=O)OC)CC(c2ccccc2)N(Cc2ccccc2)N=N1. The van der Waals surface area contributed by atoms with Crippen molar-refractivity contribution in [2.45, 2.75) is 24.5 Å². The Labute approximate surface area is 157 Å². The number of hydrogen-bond donors (Lipinski definition) is 0. The van der Waals surface area contributed by atoms with Crippen molar-refractivity contribution in [2.75, 3.05) is 14.2 Å². The van der Waals surface area contributed by atoms with E-state index in [4.69, 9.17) is 9.47 Å². The number of hydrogen-bond acceptors (Lipinski definition) is 7. The van der Waals surface area contributed by atoms with E-state index in [0.29, 0.717) is 6.54 Å². The molecule has 1 heterocycles. The first kappa shape index (κ1) is 18.6. The third-order valence-corrected chi connectivity index (χ3v) is 4.60. The zero-order valence-electron chi connectivity index (χ0n) is 15.2. The molecule has 0 N–H and O–H groups in total. The molecule has 0 aromatic heterocycles. The molecule has 7 nitrogen and oxygen atoms in total. The predicted octanol–water partition coefficient (Wildman–Crippen LogP) is 3.09. The summed E-state index contributed by atoms with van der Waals surface area (Å²) in [5.41, 5.74) is 0.155. The van der Waals surface area contributed by atoms with Gasteiger partial charge in [0, 0.05) is 6.42 Å². The first-order valence-corrected chi connectivity index (χ1v) is 8.56. The maximum Gasteiger partial charge on any atom is 0.347 e. The fraction of sp³-hybridized carbons (Fsp3) is 0.300. The van der Waals surface area contributed by atoms with E-state index in [2.05, 4.69) is 10.3 Å². The van der Waals surface area contributed by atoms with Gasteiger partial charge in [-0.15, -0.1) is 5.11 Å². The lowest BCUT2D eigenvalue weighted by Gasteiger charge is -2.37. The van der Waals surface area contributed by atoms with Gasteiger partial charge in [-0.3, -0.25) is 5.01 Å². The summed E-state index contributed by atoms with van der Waals surface area (Å²) >= 11 is 0. The first-order chi connectivity index (χ1) is 13.1. The van der Waals surface area contributed by atoms with Gasteiger partial charge in [-0.1, -0.05) is 65.9 Å². The third-order valence-electron chi connectivity index (χ3n) is 4.60. The fourth-order valence-electron chi connectivity index (χ4n) is 3.17. The quantitative estimate of drug-likeness (QED) is 0.599. The van der Waals surface area contributed by atoms with E-state index < -0.39 is 17.5 Å². The Morgan fingerprint density at radius 3 is 2.11 bits per heavy atom. The second-order valence-corrected chi connectivity index (χ2v) is 6.25. The smallest absolute Gasteiger partial charge is 0.347 e.